The molecule has 1 atom stereocenters. The van der Waals surface area contributed by atoms with Crippen LogP contribution < -0.4 is 0 Å². The molecule has 1 unspecified atom stereocenters. The lowest BCUT2D eigenvalue weighted by atomic mass is 9.91. The number of likely N-dealkylation sites (N-methyl/N-ethyl adjacent to an activating group) is 1. The van der Waals surface area contributed by atoms with Crippen molar-refractivity contribution < 1.29 is 14.1 Å². The Balaban J connectivity index is 2.69. The maximum atomic E-state index is 11.4. The van der Waals surface area contributed by atoms with Crippen LogP contribution in [0.2, 0.25) is 0 Å². The van der Waals surface area contributed by atoms with Gasteiger partial charge in [-0.1, -0.05) is 0 Å². The molecule has 0 spiro atoms. The van der Waals surface area contributed by atoms with E-state index in [0.29, 0.717) is 10.9 Å². The molecule has 1 aliphatic rings. The third-order valence-electron chi connectivity index (χ3n) is 2.37. The lowest BCUT2D eigenvalue weighted by Gasteiger charge is -2.34. The minimum atomic E-state index is 0.0303. The monoisotopic (exact) mass is 170 g/mol. The number of hydrogen-bond acceptors (Lipinski definition) is 2. The third kappa shape index (κ3) is 1.91. The molecule has 3 heteroatoms. The molecule has 0 aromatic carbocycles. The first-order valence-electron chi connectivity index (χ1n) is 4.27. The van der Waals surface area contributed by atoms with E-state index < -0.39 is 0 Å². The zero-order valence-electron chi connectivity index (χ0n) is 7.96. The lowest BCUT2D eigenvalue weighted by molar-refractivity contribution is -0.886. The first kappa shape index (κ1) is 9.39. The summed E-state index contributed by atoms with van der Waals surface area (Å²) >= 11 is 0. The van der Waals surface area contributed by atoms with Gasteiger partial charge >= 0.3 is 0 Å². The second-order valence-corrected chi connectivity index (χ2v) is 4.35. The van der Waals surface area contributed by atoms with Gasteiger partial charge in [0.2, 0.25) is 0 Å². The van der Waals surface area contributed by atoms with E-state index >= 15 is 0 Å². The van der Waals surface area contributed by atoms with Crippen LogP contribution in [0, 0.1) is 0 Å². The lowest BCUT2D eigenvalue weighted by Crippen LogP contribution is -2.52. The Hall–Kier alpha value is -0.700. The van der Waals surface area contributed by atoms with Gasteiger partial charge in [-0.3, -0.25) is 9.59 Å². The summed E-state index contributed by atoms with van der Waals surface area (Å²) in [6, 6.07) is 0.0303. The van der Waals surface area contributed by atoms with E-state index in [9.17, 15) is 9.59 Å². The molecular formula is C9H16NO2+. The van der Waals surface area contributed by atoms with Crippen LogP contribution in [0.4, 0.5) is 0 Å². The van der Waals surface area contributed by atoms with Gasteiger partial charge in [0.25, 0.3) is 0 Å². The third-order valence-corrected chi connectivity index (χ3v) is 2.37. The molecule has 12 heavy (non-hydrogen) atoms. The van der Waals surface area contributed by atoms with Crippen LogP contribution in [0.3, 0.4) is 0 Å². The summed E-state index contributed by atoms with van der Waals surface area (Å²) in [6.07, 6.45) is 1.45. The Morgan fingerprint density at radius 2 is 1.83 bits per heavy atom. The predicted molar refractivity (Wildman–Crippen MR) is 45.7 cm³/mol. The summed E-state index contributed by atoms with van der Waals surface area (Å²) in [5.74, 6) is 0.212. The van der Waals surface area contributed by atoms with Gasteiger partial charge in [-0.15, -0.1) is 0 Å². The molecule has 3 nitrogen and oxygen atoms in total. The standard InChI is InChI=1S/C9H16NO2/c1-10(2,3)8-5-4-7(11)6-9(8)12/h8H,4-6H2,1-3H3/q+1. The molecule has 0 bridgehead atoms. The van der Waals surface area contributed by atoms with E-state index in [1.807, 2.05) is 21.1 Å². The molecule has 0 aromatic heterocycles. The Morgan fingerprint density at radius 1 is 1.25 bits per heavy atom. The molecule has 0 amide bonds. The van der Waals surface area contributed by atoms with Gasteiger partial charge in [-0.25, -0.2) is 0 Å². The molecule has 0 N–H and O–H groups in total. The van der Waals surface area contributed by atoms with Gasteiger partial charge in [0.15, 0.2) is 5.78 Å². The summed E-state index contributed by atoms with van der Waals surface area (Å²) in [4.78, 5) is 22.3. The number of rotatable bonds is 1. The zero-order chi connectivity index (χ0) is 9.35. The van der Waals surface area contributed by atoms with Crippen molar-refractivity contribution in [3.8, 4) is 0 Å². The van der Waals surface area contributed by atoms with Crippen molar-refractivity contribution in [2.24, 2.45) is 0 Å². The number of carbonyl (C=O) groups is 2. The fourth-order valence-electron chi connectivity index (χ4n) is 1.68. The number of hydrogen-bond donors (Lipinski definition) is 0. The highest BCUT2D eigenvalue weighted by Crippen LogP contribution is 2.19. The smallest absolute Gasteiger partial charge is 0.197 e. The summed E-state index contributed by atoms with van der Waals surface area (Å²) in [5.41, 5.74) is 0. The van der Waals surface area contributed by atoms with Crippen LogP contribution in [0.5, 0.6) is 0 Å². The van der Waals surface area contributed by atoms with E-state index in [1.54, 1.807) is 0 Å². The van der Waals surface area contributed by atoms with Crippen LogP contribution in [0.15, 0.2) is 0 Å². The van der Waals surface area contributed by atoms with Crippen molar-refractivity contribution in [1.29, 1.82) is 0 Å². The Bertz CT molecular complexity index is 215. The molecule has 1 rings (SSSR count). The Kier molecular flexibility index (Phi) is 2.33. The van der Waals surface area contributed by atoms with Gasteiger partial charge in [-0.05, 0) is 0 Å². The highest BCUT2D eigenvalue weighted by molar-refractivity contribution is 6.03. The number of nitrogens with zero attached hydrogens (tertiary/aromatic N) is 1. The van der Waals surface area contributed by atoms with Gasteiger partial charge in [0.05, 0.1) is 27.6 Å². The van der Waals surface area contributed by atoms with E-state index in [-0.39, 0.29) is 24.0 Å². The van der Waals surface area contributed by atoms with E-state index in [0.717, 1.165) is 6.42 Å². The minimum absolute atomic E-state index is 0.0303. The van der Waals surface area contributed by atoms with E-state index in [2.05, 4.69) is 0 Å². The fourth-order valence-corrected chi connectivity index (χ4v) is 1.68. The van der Waals surface area contributed by atoms with Crippen molar-refractivity contribution in [2.45, 2.75) is 25.3 Å². The minimum Gasteiger partial charge on any atom is -0.322 e. The topological polar surface area (TPSA) is 34.1 Å². The van der Waals surface area contributed by atoms with Crippen molar-refractivity contribution in [3.05, 3.63) is 0 Å². The summed E-state index contributed by atoms with van der Waals surface area (Å²) in [6.45, 7) is 0. The fraction of sp³-hybridized carbons (Fsp3) is 0.778. The van der Waals surface area contributed by atoms with Crippen molar-refractivity contribution >= 4 is 11.6 Å². The van der Waals surface area contributed by atoms with Gasteiger partial charge < -0.3 is 4.48 Å². The molecule has 0 radical (unpaired) electrons. The maximum absolute atomic E-state index is 11.4. The number of ketones is 2. The number of carbonyl (C=O) groups excluding carboxylic acids is 2. The average Bonchev–Trinajstić information content (AvgIpc) is 1.83. The first-order valence-corrected chi connectivity index (χ1v) is 4.27. The molecule has 1 saturated carbocycles. The SMILES string of the molecule is C[N+](C)(C)C1CCC(=O)CC1=O. The van der Waals surface area contributed by atoms with Crippen LogP contribution in [-0.4, -0.2) is 43.2 Å². The summed E-state index contributed by atoms with van der Waals surface area (Å²) in [5, 5.41) is 0. The van der Waals surface area contributed by atoms with E-state index in [4.69, 9.17) is 0 Å². The molecule has 1 aliphatic carbocycles. The first-order chi connectivity index (χ1) is 5.41. The molecular weight excluding hydrogens is 154 g/mol. The van der Waals surface area contributed by atoms with Crippen LogP contribution in [-0.2, 0) is 9.59 Å². The number of quaternary nitrogens is 1. The number of Topliss-reactive ketones (excluding diaryl/α,β-unsaturated/α-hetero) is 2. The second-order valence-electron chi connectivity index (χ2n) is 4.35. The average molecular weight is 170 g/mol. The summed E-state index contributed by atoms with van der Waals surface area (Å²) in [7, 11) is 6.00. The molecule has 68 valence electrons. The van der Waals surface area contributed by atoms with Crippen LogP contribution in [0.1, 0.15) is 19.3 Å². The van der Waals surface area contributed by atoms with Gasteiger partial charge in [0, 0.05) is 12.8 Å². The molecule has 0 saturated heterocycles. The second kappa shape index (κ2) is 2.98. The van der Waals surface area contributed by atoms with Crippen LogP contribution >= 0.6 is 0 Å². The molecule has 1 fully saturated rings. The van der Waals surface area contributed by atoms with Gasteiger partial charge in [-0.2, -0.15) is 0 Å². The van der Waals surface area contributed by atoms with Crippen LogP contribution in [0.25, 0.3) is 0 Å². The Labute approximate surface area is 72.9 Å². The summed E-state index contributed by atoms with van der Waals surface area (Å²) < 4.78 is 0.645. The highest BCUT2D eigenvalue weighted by Gasteiger charge is 2.36. The molecule has 0 aliphatic heterocycles. The quantitative estimate of drug-likeness (QED) is 0.421. The Morgan fingerprint density at radius 3 is 2.25 bits per heavy atom. The zero-order valence-corrected chi connectivity index (χ0v) is 7.96. The van der Waals surface area contributed by atoms with E-state index in [1.165, 1.54) is 0 Å². The molecule has 0 aromatic rings. The largest absolute Gasteiger partial charge is 0.322 e. The highest BCUT2D eigenvalue weighted by atomic mass is 16.2. The maximum Gasteiger partial charge on any atom is 0.197 e. The van der Waals surface area contributed by atoms with Gasteiger partial charge in [0.1, 0.15) is 11.8 Å². The van der Waals surface area contributed by atoms with Crippen molar-refractivity contribution in [1.82, 2.24) is 0 Å². The normalized spacial score (nSPS) is 26.1. The van der Waals surface area contributed by atoms with Crippen molar-refractivity contribution in [3.63, 3.8) is 0 Å². The molecule has 0 heterocycles. The van der Waals surface area contributed by atoms with Crippen molar-refractivity contribution in [2.75, 3.05) is 21.1 Å². The predicted octanol–water partition coefficient (Wildman–Crippen LogP) is 0.383.